The van der Waals surface area contributed by atoms with Crippen molar-refractivity contribution in [3.63, 3.8) is 0 Å². The van der Waals surface area contributed by atoms with Crippen LogP contribution in [-0.4, -0.2) is 80.0 Å². The first-order chi connectivity index (χ1) is 18.7. The summed E-state index contributed by atoms with van der Waals surface area (Å²) in [5.41, 5.74) is 2.92. The Morgan fingerprint density at radius 2 is 1.74 bits per heavy atom. The predicted octanol–water partition coefficient (Wildman–Crippen LogP) is 4.62. The molecule has 1 fully saturated rings. The smallest absolute Gasteiger partial charge is 0.320 e. The van der Waals surface area contributed by atoms with Crippen LogP contribution in [0.1, 0.15) is 5.69 Å². The van der Waals surface area contributed by atoms with E-state index in [4.69, 9.17) is 21.4 Å². The minimum absolute atomic E-state index is 0.0473. The molecule has 0 N–H and O–H groups in total. The van der Waals surface area contributed by atoms with Crippen molar-refractivity contribution in [2.75, 3.05) is 46.0 Å². The maximum absolute atomic E-state index is 12.5. The zero-order chi connectivity index (χ0) is 27.6. The van der Waals surface area contributed by atoms with Crippen LogP contribution < -0.4 is 0 Å². The van der Waals surface area contributed by atoms with Crippen LogP contribution in [0.15, 0.2) is 71.6 Å². The second-order valence-electron chi connectivity index (χ2n) is 9.59. The molecule has 0 aliphatic carbocycles. The number of rotatable bonds is 8. The number of carbonyl (C=O) groups is 1. The third kappa shape index (κ3) is 6.59. The fraction of sp³-hybridized carbons (Fsp3) is 0.286. The Hall–Kier alpha value is -3.02. The van der Waals surface area contributed by atoms with Crippen molar-refractivity contribution >= 4 is 38.7 Å². The van der Waals surface area contributed by atoms with Crippen LogP contribution >= 0.6 is 22.9 Å². The molecular weight excluding hydrogens is 556 g/mol. The van der Waals surface area contributed by atoms with Gasteiger partial charge in [-0.15, -0.1) is 11.3 Å². The number of esters is 1. The molecule has 0 atom stereocenters. The molecule has 0 saturated carbocycles. The van der Waals surface area contributed by atoms with Crippen LogP contribution in [0.5, 0.6) is 0 Å². The van der Waals surface area contributed by atoms with Crippen LogP contribution in [-0.2, 0) is 26.0 Å². The summed E-state index contributed by atoms with van der Waals surface area (Å²) in [5.74, 6) is -0.280. The van der Waals surface area contributed by atoms with Gasteiger partial charge in [-0.2, -0.15) is 5.10 Å². The largest absolute Gasteiger partial charge is 0.458 e. The fourth-order valence-corrected chi connectivity index (χ4v) is 6.27. The van der Waals surface area contributed by atoms with Crippen molar-refractivity contribution in [1.29, 1.82) is 0 Å². The van der Waals surface area contributed by atoms with Gasteiger partial charge in [0.2, 0.25) is 0 Å². The lowest BCUT2D eigenvalue weighted by atomic mass is 10.2. The molecule has 1 aliphatic rings. The molecule has 0 spiro atoms. The van der Waals surface area contributed by atoms with Gasteiger partial charge in [0, 0.05) is 37.3 Å². The van der Waals surface area contributed by atoms with Crippen LogP contribution in [0.25, 0.3) is 26.7 Å². The van der Waals surface area contributed by atoms with Gasteiger partial charge in [-0.25, -0.2) is 13.1 Å². The van der Waals surface area contributed by atoms with Crippen molar-refractivity contribution in [2.24, 2.45) is 0 Å². The fourth-order valence-electron chi connectivity index (χ4n) is 4.38. The van der Waals surface area contributed by atoms with Gasteiger partial charge >= 0.3 is 5.97 Å². The number of aromatic nitrogens is 2. The van der Waals surface area contributed by atoms with Crippen molar-refractivity contribution < 1.29 is 17.9 Å². The molecule has 8 nitrogen and oxygen atoms in total. The molecule has 0 bridgehead atoms. The molecule has 3 heterocycles. The number of hydrogen-bond acceptors (Lipinski definition) is 8. The first-order valence-corrected chi connectivity index (χ1v) is 15.6. The van der Waals surface area contributed by atoms with Crippen LogP contribution in [0, 0.1) is 0 Å². The van der Waals surface area contributed by atoms with Gasteiger partial charge < -0.3 is 9.64 Å². The van der Waals surface area contributed by atoms with Gasteiger partial charge in [0.15, 0.2) is 9.84 Å². The van der Waals surface area contributed by atoms with E-state index in [2.05, 4.69) is 16.8 Å². The maximum atomic E-state index is 12.5. The molecule has 4 aromatic rings. The quantitative estimate of drug-likeness (QED) is 0.280. The molecule has 0 unspecified atom stereocenters. The first-order valence-electron chi connectivity index (χ1n) is 12.5. The number of hydrogen-bond donors (Lipinski definition) is 0. The van der Waals surface area contributed by atoms with E-state index in [0.29, 0.717) is 16.4 Å². The van der Waals surface area contributed by atoms with E-state index in [1.807, 2.05) is 42.5 Å². The molecule has 11 heteroatoms. The third-order valence-corrected chi connectivity index (χ3v) is 9.16. The minimum atomic E-state index is -3.32. The summed E-state index contributed by atoms with van der Waals surface area (Å²) in [4.78, 5) is 19.0. The van der Waals surface area contributed by atoms with E-state index in [0.717, 1.165) is 47.2 Å². The molecule has 5 rings (SSSR count). The number of halogens is 1. The maximum Gasteiger partial charge on any atom is 0.320 e. The Labute approximate surface area is 237 Å². The summed E-state index contributed by atoms with van der Waals surface area (Å²) in [6.07, 6.45) is 1.20. The van der Waals surface area contributed by atoms with Crippen molar-refractivity contribution in [2.45, 2.75) is 11.5 Å². The second-order valence-corrected chi connectivity index (χ2v) is 13.1. The summed E-state index contributed by atoms with van der Waals surface area (Å²) in [5, 5.41) is 5.28. The average molecular weight is 585 g/mol. The van der Waals surface area contributed by atoms with Gasteiger partial charge in [-0.1, -0.05) is 35.9 Å². The molecule has 2 aromatic heterocycles. The standard InChI is InChI=1S/C28H29ClN4O4S2/c1-31-12-14-32(15-13-31)18-28(34)37-19-21-17-25(33(30-21)24-9-4-3-8-23(24)29)27-11-10-26(38-27)20-6-5-7-22(16-20)39(2,35)36/h3-11,16-17H,12-15,18-19H2,1-2H3. The zero-order valence-corrected chi connectivity index (χ0v) is 24.1. The summed E-state index contributed by atoms with van der Waals surface area (Å²) in [7, 11) is -1.24. The monoisotopic (exact) mass is 584 g/mol. The van der Waals surface area contributed by atoms with Gasteiger partial charge in [-0.3, -0.25) is 9.69 Å². The predicted molar refractivity (Wildman–Crippen MR) is 154 cm³/mol. The van der Waals surface area contributed by atoms with E-state index < -0.39 is 9.84 Å². The van der Waals surface area contributed by atoms with Crippen molar-refractivity contribution in [1.82, 2.24) is 19.6 Å². The Bertz CT molecular complexity index is 1590. The zero-order valence-electron chi connectivity index (χ0n) is 21.7. The molecule has 39 heavy (non-hydrogen) atoms. The highest BCUT2D eigenvalue weighted by atomic mass is 35.5. The molecule has 1 saturated heterocycles. The Kier molecular flexibility index (Phi) is 8.20. The van der Waals surface area contributed by atoms with Gasteiger partial charge in [0.25, 0.3) is 0 Å². The second kappa shape index (κ2) is 11.6. The molecule has 2 aromatic carbocycles. The van der Waals surface area contributed by atoms with Gasteiger partial charge in [0.05, 0.1) is 32.7 Å². The van der Waals surface area contributed by atoms with Crippen LogP contribution in [0.4, 0.5) is 0 Å². The SMILES string of the molecule is CN1CCN(CC(=O)OCc2cc(-c3ccc(-c4cccc(S(C)(=O)=O)c4)s3)n(-c3ccccc3Cl)n2)CC1. The topological polar surface area (TPSA) is 84.7 Å². The number of nitrogens with zero attached hydrogens (tertiary/aromatic N) is 4. The summed E-state index contributed by atoms with van der Waals surface area (Å²) >= 11 is 8.04. The molecule has 204 valence electrons. The number of piperazine rings is 1. The number of ether oxygens (including phenoxy) is 1. The van der Waals surface area contributed by atoms with E-state index in [1.165, 1.54) is 17.6 Å². The van der Waals surface area contributed by atoms with Crippen LogP contribution in [0.2, 0.25) is 5.02 Å². The highest BCUT2D eigenvalue weighted by Crippen LogP contribution is 2.37. The van der Waals surface area contributed by atoms with E-state index >= 15 is 0 Å². The molecule has 0 radical (unpaired) electrons. The summed E-state index contributed by atoms with van der Waals surface area (Å²) in [6, 6.07) is 20.2. The van der Waals surface area contributed by atoms with Gasteiger partial charge in [0.1, 0.15) is 12.3 Å². The number of benzene rings is 2. The average Bonchev–Trinajstić information content (AvgIpc) is 3.56. The lowest BCUT2D eigenvalue weighted by Gasteiger charge is -2.31. The van der Waals surface area contributed by atoms with Crippen LogP contribution in [0.3, 0.4) is 0 Å². The number of para-hydroxylation sites is 1. The highest BCUT2D eigenvalue weighted by molar-refractivity contribution is 7.90. The third-order valence-electron chi connectivity index (χ3n) is 6.58. The summed E-state index contributed by atoms with van der Waals surface area (Å²) in [6.45, 7) is 3.84. The first kappa shape index (κ1) is 27.5. The number of carbonyl (C=O) groups excluding carboxylic acids is 1. The summed E-state index contributed by atoms with van der Waals surface area (Å²) < 4.78 is 31.5. The molecule has 0 amide bonds. The Morgan fingerprint density at radius 1 is 1.00 bits per heavy atom. The lowest BCUT2D eigenvalue weighted by Crippen LogP contribution is -2.46. The number of thiophene rings is 1. The van der Waals surface area contributed by atoms with Gasteiger partial charge in [-0.05, 0) is 55.1 Å². The highest BCUT2D eigenvalue weighted by Gasteiger charge is 2.20. The Morgan fingerprint density at radius 3 is 2.49 bits per heavy atom. The number of sulfone groups is 1. The number of likely N-dealkylation sites (N-methyl/N-ethyl adjacent to an activating group) is 1. The van der Waals surface area contributed by atoms with Crippen molar-refractivity contribution in [3.8, 4) is 26.7 Å². The van der Waals surface area contributed by atoms with E-state index in [9.17, 15) is 13.2 Å². The molecular formula is C28H29ClN4O4S2. The lowest BCUT2D eigenvalue weighted by molar-refractivity contribution is -0.146. The minimum Gasteiger partial charge on any atom is -0.458 e. The van der Waals surface area contributed by atoms with E-state index in [1.54, 1.807) is 28.9 Å². The van der Waals surface area contributed by atoms with E-state index in [-0.39, 0.29) is 24.0 Å². The normalized spacial score (nSPS) is 14.9. The van der Waals surface area contributed by atoms with Crippen molar-refractivity contribution in [3.05, 3.63) is 77.4 Å². The Balaban J connectivity index is 1.40. The molecule has 1 aliphatic heterocycles.